The number of piperidine rings is 1. The molecule has 0 saturated carbocycles. The van der Waals surface area contributed by atoms with Gasteiger partial charge in [-0.2, -0.15) is 4.31 Å². The van der Waals surface area contributed by atoms with E-state index in [9.17, 15) is 13.2 Å². The summed E-state index contributed by atoms with van der Waals surface area (Å²) in [4.78, 5) is 14.9. The molecule has 3 rings (SSSR count). The topological polar surface area (TPSA) is 69.7 Å². The lowest BCUT2D eigenvalue weighted by molar-refractivity contribution is 0.0939. The number of sulfonamides is 1. The Morgan fingerprint density at radius 2 is 1.68 bits per heavy atom. The Morgan fingerprint density at radius 1 is 1.08 bits per heavy atom. The van der Waals surface area contributed by atoms with Crippen molar-refractivity contribution in [1.82, 2.24) is 14.5 Å². The summed E-state index contributed by atoms with van der Waals surface area (Å²) in [5, 5.41) is 2.98. The second kappa shape index (κ2) is 7.85. The van der Waals surface area contributed by atoms with Gasteiger partial charge < -0.3 is 10.2 Å². The molecule has 1 aromatic rings. The third-order valence-electron chi connectivity index (χ3n) is 5.21. The van der Waals surface area contributed by atoms with Gasteiger partial charge in [0.25, 0.3) is 5.91 Å². The van der Waals surface area contributed by atoms with Crippen molar-refractivity contribution >= 4 is 15.9 Å². The Labute approximate surface area is 150 Å². The lowest BCUT2D eigenvalue weighted by Gasteiger charge is -2.28. The molecule has 2 aliphatic heterocycles. The van der Waals surface area contributed by atoms with Gasteiger partial charge in [0.15, 0.2) is 0 Å². The van der Waals surface area contributed by atoms with Crippen molar-refractivity contribution in [2.75, 3.05) is 39.8 Å². The molecule has 1 aromatic carbocycles. The van der Waals surface area contributed by atoms with Crippen molar-refractivity contribution in [2.24, 2.45) is 5.92 Å². The second-order valence-corrected chi connectivity index (χ2v) is 9.03. The fraction of sp³-hybridized carbons (Fsp3) is 0.611. The van der Waals surface area contributed by atoms with Crippen LogP contribution in [0.4, 0.5) is 0 Å². The number of nitrogens with zero attached hydrogens (tertiary/aromatic N) is 2. The van der Waals surface area contributed by atoms with E-state index >= 15 is 0 Å². The van der Waals surface area contributed by atoms with Crippen LogP contribution >= 0.6 is 0 Å². The fourth-order valence-electron chi connectivity index (χ4n) is 3.46. The molecule has 1 N–H and O–H groups in total. The van der Waals surface area contributed by atoms with Gasteiger partial charge in [-0.25, -0.2) is 8.42 Å². The maximum atomic E-state index is 12.5. The van der Waals surface area contributed by atoms with Crippen LogP contribution in [0.5, 0.6) is 0 Å². The van der Waals surface area contributed by atoms with E-state index in [1.54, 1.807) is 12.1 Å². The zero-order chi connectivity index (χ0) is 17.9. The molecule has 1 amide bonds. The van der Waals surface area contributed by atoms with E-state index < -0.39 is 10.0 Å². The molecule has 2 heterocycles. The SMILES string of the molecule is CN1CCC(CNC(=O)c2ccc(S(=O)(=O)N3CCCC3)cc2)CC1. The van der Waals surface area contributed by atoms with Crippen LogP contribution in [-0.2, 0) is 10.0 Å². The number of carbonyl (C=O) groups excluding carboxylic acids is 1. The van der Waals surface area contributed by atoms with Crippen molar-refractivity contribution in [1.29, 1.82) is 0 Å². The van der Waals surface area contributed by atoms with Crippen LogP contribution in [0.3, 0.4) is 0 Å². The first-order chi connectivity index (χ1) is 12.0. The van der Waals surface area contributed by atoms with Gasteiger partial charge in [0.05, 0.1) is 4.90 Å². The molecule has 25 heavy (non-hydrogen) atoms. The molecule has 2 fully saturated rings. The van der Waals surface area contributed by atoms with Crippen molar-refractivity contribution in [3.8, 4) is 0 Å². The number of hydrogen-bond acceptors (Lipinski definition) is 4. The zero-order valence-electron chi connectivity index (χ0n) is 14.8. The van der Waals surface area contributed by atoms with E-state index in [1.807, 2.05) is 0 Å². The van der Waals surface area contributed by atoms with Crippen LogP contribution in [0.15, 0.2) is 29.2 Å². The van der Waals surface area contributed by atoms with E-state index in [0.717, 1.165) is 38.8 Å². The molecule has 6 nitrogen and oxygen atoms in total. The van der Waals surface area contributed by atoms with Crippen molar-refractivity contribution < 1.29 is 13.2 Å². The highest BCUT2D eigenvalue weighted by molar-refractivity contribution is 7.89. The van der Waals surface area contributed by atoms with Crippen LogP contribution in [0, 0.1) is 5.92 Å². The average Bonchev–Trinajstić information content (AvgIpc) is 3.16. The van der Waals surface area contributed by atoms with E-state index in [4.69, 9.17) is 0 Å². The molecule has 0 bridgehead atoms. The Morgan fingerprint density at radius 3 is 2.28 bits per heavy atom. The van der Waals surface area contributed by atoms with E-state index in [1.165, 1.54) is 16.4 Å². The molecular weight excluding hydrogens is 338 g/mol. The van der Waals surface area contributed by atoms with Crippen LogP contribution in [-0.4, -0.2) is 63.3 Å². The predicted molar refractivity (Wildman–Crippen MR) is 97.0 cm³/mol. The van der Waals surface area contributed by atoms with Crippen LogP contribution in [0.2, 0.25) is 0 Å². The monoisotopic (exact) mass is 365 g/mol. The average molecular weight is 365 g/mol. The number of carbonyl (C=O) groups is 1. The number of amides is 1. The largest absolute Gasteiger partial charge is 0.352 e. The molecule has 0 aliphatic carbocycles. The van der Waals surface area contributed by atoms with Gasteiger partial charge in [0.1, 0.15) is 0 Å². The summed E-state index contributed by atoms with van der Waals surface area (Å²) in [7, 11) is -1.30. The van der Waals surface area contributed by atoms with Gasteiger partial charge in [-0.05, 0) is 76.0 Å². The standard InChI is InChI=1S/C18H27N3O3S/c1-20-12-8-15(9-13-20)14-19-18(22)16-4-6-17(7-5-16)25(23,24)21-10-2-3-11-21/h4-7,15H,2-3,8-14H2,1H3,(H,19,22). The minimum absolute atomic E-state index is 0.135. The predicted octanol–water partition coefficient (Wildman–Crippen LogP) is 1.54. The van der Waals surface area contributed by atoms with Crippen LogP contribution < -0.4 is 5.32 Å². The van der Waals surface area contributed by atoms with Crippen molar-refractivity contribution in [3.63, 3.8) is 0 Å². The molecule has 0 atom stereocenters. The molecule has 138 valence electrons. The smallest absolute Gasteiger partial charge is 0.251 e. The van der Waals surface area contributed by atoms with E-state index in [0.29, 0.717) is 31.1 Å². The maximum Gasteiger partial charge on any atom is 0.251 e. The van der Waals surface area contributed by atoms with Crippen LogP contribution in [0.25, 0.3) is 0 Å². The Hall–Kier alpha value is -1.44. The molecular formula is C18H27N3O3S. The summed E-state index contributed by atoms with van der Waals surface area (Å²) in [5.41, 5.74) is 0.508. The van der Waals surface area contributed by atoms with Crippen molar-refractivity contribution in [2.45, 2.75) is 30.6 Å². The van der Waals surface area contributed by atoms with Gasteiger partial charge in [-0.15, -0.1) is 0 Å². The van der Waals surface area contributed by atoms with Gasteiger partial charge in [-0.1, -0.05) is 0 Å². The number of nitrogens with one attached hydrogen (secondary N) is 1. The highest BCUT2D eigenvalue weighted by atomic mass is 32.2. The van der Waals surface area contributed by atoms with Gasteiger partial charge in [0.2, 0.25) is 10.0 Å². The zero-order valence-corrected chi connectivity index (χ0v) is 15.6. The minimum Gasteiger partial charge on any atom is -0.352 e. The highest BCUT2D eigenvalue weighted by Crippen LogP contribution is 2.21. The molecule has 2 aliphatic rings. The molecule has 7 heteroatoms. The van der Waals surface area contributed by atoms with Gasteiger partial charge >= 0.3 is 0 Å². The normalized spacial score (nSPS) is 20.7. The quantitative estimate of drug-likeness (QED) is 0.859. The summed E-state index contributed by atoms with van der Waals surface area (Å²) in [6.07, 6.45) is 4.03. The lowest BCUT2D eigenvalue weighted by Crippen LogP contribution is -2.36. The number of likely N-dealkylation sites (tertiary alicyclic amines) is 1. The summed E-state index contributed by atoms with van der Waals surface area (Å²) in [5.74, 6) is 0.388. The summed E-state index contributed by atoms with van der Waals surface area (Å²) in [6.45, 7) is 4.00. The summed E-state index contributed by atoms with van der Waals surface area (Å²) in [6, 6.07) is 6.29. The molecule has 0 unspecified atom stereocenters. The molecule has 0 aromatic heterocycles. The first kappa shape index (κ1) is 18.4. The van der Waals surface area contributed by atoms with E-state index in [2.05, 4.69) is 17.3 Å². The highest BCUT2D eigenvalue weighted by Gasteiger charge is 2.27. The minimum atomic E-state index is -3.42. The Kier molecular flexibility index (Phi) is 5.76. The number of hydrogen-bond donors (Lipinski definition) is 1. The molecule has 0 radical (unpaired) electrons. The van der Waals surface area contributed by atoms with E-state index in [-0.39, 0.29) is 10.8 Å². The number of rotatable bonds is 5. The number of benzene rings is 1. The molecule has 0 spiro atoms. The Bertz CT molecular complexity index is 689. The first-order valence-corrected chi connectivity index (χ1v) is 10.5. The third-order valence-corrected chi connectivity index (χ3v) is 7.12. The Balaban J connectivity index is 1.57. The summed E-state index contributed by atoms with van der Waals surface area (Å²) < 4.78 is 26.5. The first-order valence-electron chi connectivity index (χ1n) is 9.04. The van der Waals surface area contributed by atoms with Crippen LogP contribution in [0.1, 0.15) is 36.0 Å². The molecule has 2 saturated heterocycles. The fourth-order valence-corrected chi connectivity index (χ4v) is 4.98. The lowest BCUT2D eigenvalue weighted by atomic mass is 9.97. The van der Waals surface area contributed by atoms with Crippen molar-refractivity contribution in [3.05, 3.63) is 29.8 Å². The maximum absolute atomic E-state index is 12.5. The van der Waals surface area contributed by atoms with Gasteiger partial charge in [0, 0.05) is 25.2 Å². The second-order valence-electron chi connectivity index (χ2n) is 7.09. The summed E-state index contributed by atoms with van der Waals surface area (Å²) >= 11 is 0. The third kappa shape index (κ3) is 4.40. The van der Waals surface area contributed by atoms with Gasteiger partial charge in [-0.3, -0.25) is 4.79 Å².